The predicted molar refractivity (Wildman–Crippen MR) is 86.2 cm³/mol. The van der Waals surface area contributed by atoms with Crippen LogP contribution in [0.25, 0.3) is 0 Å². The molecule has 7 nitrogen and oxygen atoms in total. The van der Waals surface area contributed by atoms with Gasteiger partial charge in [-0.25, -0.2) is 0 Å². The summed E-state index contributed by atoms with van der Waals surface area (Å²) in [5.41, 5.74) is 7.56. The van der Waals surface area contributed by atoms with Crippen LogP contribution in [0.5, 0.6) is 23.0 Å². The second-order valence-electron chi connectivity index (χ2n) is 4.72. The monoisotopic (exact) mass is 328 g/mol. The minimum Gasteiger partial charge on any atom is -0.492 e. The lowest BCUT2D eigenvalue weighted by molar-refractivity contribution is -0.0667. The van der Waals surface area contributed by atoms with E-state index in [0.29, 0.717) is 42.4 Å². The molecule has 0 aliphatic heterocycles. The van der Waals surface area contributed by atoms with Gasteiger partial charge in [0.2, 0.25) is 11.5 Å². The van der Waals surface area contributed by atoms with Crippen molar-refractivity contribution in [2.24, 2.45) is 5.73 Å². The number of ether oxygens (including phenoxy) is 5. The SMILES string of the molecule is [CH2]C(O)OCCCc1c(CN)c(OC)c(OC)c(OC)c1OC. The zero-order valence-electron chi connectivity index (χ0n) is 14.2. The lowest BCUT2D eigenvalue weighted by Crippen LogP contribution is -2.12. The molecule has 1 aromatic rings. The highest BCUT2D eigenvalue weighted by molar-refractivity contribution is 5.67. The topological polar surface area (TPSA) is 92.4 Å². The third-order valence-corrected chi connectivity index (χ3v) is 3.43. The third kappa shape index (κ3) is 4.40. The minimum absolute atomic E-state index is 0.258. The molecule has 1 radical (unpaired) electrons. The van der Waals surface area contributed by atoms with E-state index in [1.165, 1.54) is 14.2 Å². The Hall–Kier alpha value is -1.70. The summed E-state index contributed by atoms with van der Waals surface area (Å²) in [5.74, 6) is 1.99. The summed E-state index contributed by atoms with van der Waals surface area (Å²) in [6.07, 6.45) is 0.221. The molecule has 0 heterocycles. The van der Waals surface area contributed by atoms with E-state index < -0.39 is 6.29 Å². The fourth-order valence-corrected chi connectivity index (χ4v) is 2.51. The molecule has 23 heavy (non-hydrogen) atoms. The average Bonchev–Trinajstić information content (AvgIpc) is 2.55. The molecule has 0 aliphatic rings. The number of hydrogen-bond acceptors (Lipinski definition) is 7. The van der Waals surface area contributed by atoms with Crippen molar-refractivity contribution < 1.29 is 28.8 Å². The summed E-state index contributed by atoms with van der Waals surface area (Å²) in [6, 6.07) is 0. The molecule has 1 aromatic carbocycles. The molecule has 1 atom stereocenters. The minimum atomic E-state index is -1.04. The molecule has 0 aliphatic carbocycles. The molecule has 7 heteroatoms. The van der Waals surface area contributed by atoms with Crippen molar-refractivity contribution in [2.75, 3.05) is 35.0 Å². The van der Waals surface area contributed by atoms with E-state index in [0.717, 1.165) is 11.1 Å². The zero-order chi connectivity index (χ0) is 17.4. The van der Waals surface area contributed by atoms with E-state index in [9.17, 15) is 0 Å². The van der Waals surface area contributed by atoms with Gasteiger partial charge in [-0.05, 0) is 12.8 Å². The summed E-state index contributed by atoms with van der Waals surface area (Å²) in [5, 5.41) is 9.05. The molecule has 131 valence electrons. The fourth-order valence-electron chi connectivity index (χ4n) is 2.51. The number of aliphatic hydroxyl groups excluding tert-OH is 1. The van der Waals surface area contributed by atoms with Gasteiger partial charge >= 0.3 is 0 Å². The van der Waals surface area contributed by atoms with Gasteiger partial charge in [0, 0.05) is 24.6 Å². The Balaban J connectivity index is 3.29. The predicted octanol–water partition coefficient (Wildman–Crippen LogP) is 1.28. The molecule has 0 amide bonds. The molecule has 1 rings (SSSR count). The average molecular weight is 328 g/mol. The Morgan fingerprint density at radius 3 is 1.78 bits per heavy atom. The standard InChI is InChI=1S/C16H26NO6/c1-10(18)23-8-6-7-11-12(9-17)14(20-3)16(22-5)15(21-4)13(11)19-2/h10,18H,1,6-9,17H2,2-5H3. The number of rotatable bonds is 10. The summed E-state index contributed by atoms with van der Waals surface area (Å²) in [4.78, 5) is 0. The second kappa shape index (κ2) is 9.44. The maximum atomic E-state index is 9.05. The Morgan fingerprint density at radius 2 is 1.39 bits per heavy atom. The lowest BCUT2D eigenvalue weighted by Gasteiger charge is -2.22. The van der Waals surface area contributed by atoms with Crippen LogP contribution in [0.3, 0.4) is 0 Å². The number of aliphatic hydroxyl groups is 1. The smallest absolute Gasteiger partial charge is 0.207 e. The Labute approximate surface area is 137 Å². The van der Waals surface area contributed by atoms with E-state index in [1.807, 2.05) is 0 Å². The normalized spacial score (nSPS) is 12.0. The summed E-state index contributed by atoms with van der Waals surface area (Å²) < 4.78 is 26.9. The van der Waals surface area contributed by atoms with Crippen molar-refractivity contribution in [1.82, 2.24) is 0 Å². The largest absolute Gasteiger partial charge is 0.492 e. The molecular formula is C16H26NO6. The van der Waals surface area contributed by atoms with Crippen molar-refractivity contribution in [2.45, 2.75) is 25.7 Å². The molecular weight excluding hydrogens is 302 g/mol. The van der Waals surface area contributed by atoms with Gasteiger partial charge in [-0.2, -0.15) is 0 Å². The van der Waals surface area contributed by atoms with Gasteiger partial charge in [-0.1, -0.05) is 0 Å². The van der Waals surface area contributed by atoms with Crippen molar-refractivity contribution in [3.8, 4) is 23.0 Å². The molecule has 0 fully saturated rings. The number of methoxy groups -OCH3 is 4. The second-order valence-corrected chi connectivity index (χ2v) is 4.72. The first-order valence-electron chi connectivity index (χ1n) is 7.26. The van der Waals surface area contributed by atoms with Crippen molar-refractivity contribution in [3.05, 3.63) is 18.1 Å². The molecule has 0 saturated carbocycles. The first-order chi connectivity index (χ1) is 11.0. The molecule has 1 unspecified atom stereocenters. The van der Waals surface area contributed by atoms with Crippen LogP contribution in [0.1, 0.15) is 17.5 Å². The molecule has 0 saturated heterocycles. The Morgan fingerprint density at radius 1 is 0.913 bits per heavy atom. The maximum absolute atomic E-state index is 9.05. The van der Waals surface area contributed by atoms with Crippen LogP contribution in [0, 0.1) is 6.92 Å². The number of hydrogen-bond donors (Lipinski definition) is 2. The third-order valence-electron chi connectivity index (χ3n) is 3.43. The molecule has 0 bridgehead atoms. The van der Waals surface area contributed by atoms with Crippen molar-refractivity contribution in [3.63, 3.8) is 0 Å². The van der Waals surface area contributed by atoms with Crippen molar-refractivity contribution in [1.29, 1.82) is 0 Å². The van der Waals surface area contributed by atoms with Gasteiger partial charge in [0.25, 0.3) is 0 Å². The van der Waals surface area contributed by atoms with Crippen molar-refractivity contribution >= 4 is 0 Å². The van der Waals surface area contributed by atoms with Gasteiger partial charge in [-0.3, -0.25) is 0 Å². The van der Waals surface area contributed by atoms with E-state index in [4.69, 9.17) is 34.5 Å². The van der Waals surface area contributed by atoms with Crippen LogP contribution in [0.4, 0.5) is 0 Å². The zero-order valence-corrected chi connectivity index (χ0v) is 14.2. The first-order valence-corrected chi connectivity index (χ1v) is 7.26. The Bertz CT molecular complexity index is 471. The van der Waals surface area contributed by atoms with E-state index in [-0.39, 0.29) is 6.54 Å². The summed E-state index contributed by atoms with van der Waals surface area (Å²) in [7, 11) is 6.18. The lowest BCUT2D eigenvalue weighted by atomic mass is 9.98. The van der Waals surface area contributed by atoms with Crippen LogP contribution in [0.2, 0.25) is 0 Å². The summed E-state index contributed by atoms with van der Waals surface area (Å²) in [6.45, 7) is 3.97. The van der Waals surface area contributed by atoms with Gasteiger partial charge in [-0.15, -0.1) is 0 Å². The first kappa shape index (κ1) is 19.3. The maximum Gasteiger partial charge on any atom is 0.207 e. The highest BCUT2D eigenvalue weighted by Crippen LogP contribution is 2.49. The van der Waals surface area contributed by atoms with Gasteiger partial charge in [0.15, 0.2) is 17.8 Å². The Kier molecular flexibility index (Phi) is 7.94. The highest BCUT2D eigenvalue weighted by atomic mass is 16.6. The highest BCUT2D eigenvalue weighted by Gasteiger charge is 2.26. The van der Waals surface area contributed by atoms with Crippen LogP contribution < -0.4 is 24.7 Å². The van der Waals surface area contributed by atoms with Gasteiger partial charge < -0.3 is 34.5 Å². The number of nitrogens with two attached hydrogens (primary N) is 1. The fraction of sp³-hybridized carbons (Fsp3) is 0.562. The van der Waals surface area contributed by atoms with Crippen LogP contribution in [-0.4, -0.2) is 46.4 Å². The van der Waals surface area contributed by atoms with E-state index in [2.05, 4.69) is 6.92 Å². The number of benzene rings is 1. The van der Waals surface area contributed by atoms with Gasteiger partial charge in [0.1, 0.15) is 0 Å². The van der Waals surface area contributed by atoms with E-state index >= 15 is 0 Å². The van der Waals surface area contributed by atoms with Crippen LogP contribution in [0.15, 0.2) is 0 Å². The molecule has 3 N–H and O–H groups in total. The van der Waals surface area contributed by atoms with Gasteiger partial charge in [0.05, 0.1) is 35.0 Å². The molecule has 0 aromatic heterocycles. The van der Waals surface area contributed by atoms with Crippen LogP contribution >= 0.6 is 0 Å². The van der Waals surface area contributed by atoms with Crippen LogP contribution in [-0.2, 0) is 17.7 Å². The summed E-state index contributed by atoms with van der Waals surface area (Å²) >= 11 is 0. The molecule has 0 spiro atoms. The quantitative estimate of drug-likeness (QED) is 0.494. The van der Waals surface area contributed by atoms with E-state index in [1.54, 1.807) is 14.2 Å².